The summed E-state index contributed by atoms with van der Waals surface area (Å²) in [6.07, 6.45) is -3.09. The quantitative estimate of drug-likeness (QED) is 0.855. The Hall–Kier alpha value is -0.820. The van der Waals surface area contributed by atoms with Crippen LogP contribution in [0.4, 0.5) is 13.2 Å². The van der Waals surface area contributed by atoms with Gasteiger partial charge in [-0.3, -0.25) is 9.69 Å². The number of nitrogens with zero attached hydrogens (tertiary/aromatic N) is 2. The smallest absolute Gasteiger partial charge is 0.382 e. The van der Waals surface area contributed by atoms with Gasteiger partial charge in [-0.2, -0.15) is 13.2 Å². The summed E-state index contributed by atoms with van der Waals surface area (Å²) in [6, 6.07) is -0.983. The van der Waals surface area contributed by atoms with Crippen molar-refractivity contribution in [2.75, 3.05) is 26.2 Å². The van der Waals surface area contributed by atoms with Crippen LogP contribution in [0.3, 0.4) is 0 Å². The highest BCUT2D eigenvalue weighted by Gasteiger charge is 2.47. The van der Waals surface area contributed by atoms with Crippen LogP contribution in [0.5, 0.6) is 0 Å². The summed E-state index contributed by atoms with van der Waals surface area (Å²) in [5.41, 5.74) is 0. The molecule has 2 atom stereocenters. The van der Waals surface area contributed by atoms with Gasteiger partial charge in [-0.05, 0) is 38.6 Å². The van der Waals surface area contributed by atoms with E-state index >= 15 is 0 Å². The summed E-state index contributed by atoms with van der Waals surface area (Å²) in [7, 11) is 0. The van der Waals surface area contributed by atoms with Gasteiger partial charge in [0.05, 0.1) is 6.54 Å². The predicted octanol–water partition coefficient (Wildman–Crippen LogP) is 1.39. The number of amides is 1. The molecule has 0 saturated carbocycles. The van der Waals surface area contributed by atoms with E-state index in [2.05, 4.69) is 0 Å². The van der Waals surface area contributed by atoms with Crippen molar-refractivity contribution < 1.29 is 23.1 Å². The lowest BCUT2D eigenvalue weighted by molar-refractivity contribution is -0.219. The molecule has 4 nitrogen and oxygen atoms in total. The molecule has 0 aromatic rings. The molecule has 1 N–H and O–H groups in total. The summed E-state index contributed by atoms with van der Waals surface area (Å²) in [4.78, 5) is 15.3. The number of aliphatic hydroxyl groups is 1. The molecule has 2 fully saturated rings. The fourth-order valence-corrected chi connectivity index (χ4v) is 3.04. The fraction of sp³-hybridized carbons (Fsp3) is 0.923. The molecular formula is C13H21F3N2O2. The summed E-state index contributed by atoms with van der Waals surface area (Å²) in [6.45, 7) is 1.81. The molecule has 2 heterocycles. The Morgan fingerprint density at radius 1 is 1.15 bits per heavy atom. The van der Waals surface area contributed by atoms with Crippen LogP contribution >= 0.6 is 0 Å². The lowest BCUT2D eigenvalue weighted by Gasteiger charge is -2.32. The largest absolute Gasteiger partial charge is 0.415 e. The first-order valence-electron chi connectivity index (χ1n) is 7.16. The van der Waals surface area contributed by atoms with Crippen LogP contribution < -0.4 is 0 Å². The van der Waals surface area contributed by atoms with Crippen molar-refractivity contribution in [3.8, 4) is 0 Å². The van der Waals surface area contributed by atoms with Gasteiger partial charge in [-0.25, -0.2) is 0 Å². The molecule has 0 bridgehead atoms. The molecule has 116 valence electrons. The molecule has 0 radical (unpaired) electrons. The van der Waals surface area contributed by atoms with E-state index in [-0.39, 0.29) is 18.9 Å². The molecular weight excluding hydrogens is 273 g/mol. The molecule has 20 heavy (non-hydrogen) atoms. The Balaban J connectivity index is 1.92. The summed E-state index contributed by atoms with van der Waals surface area (Å²) < 4.78 is 37.8. The molecule has 0 aliphatic carbocycles. The molecule has 2 saturated heterocycles. The Kier molecular flexibility index (Phi) is 4.90. The van der Waals surface area contributed by atoms with Gasteiger partial charge in [-0.15, -0.1) is 0 Å². The van der Waals surface area contributed by atoms with Crippen LogP contribution in [0.2, 0.25) is 0 Å². The average molecular weight is 294 g/mol. The number of aliphatic hydroxyl groups excluding tert-OH is 1. The van der Waals surface area contributed by atoms with Gasteiger partial charge in [0.25, 0.3) is 0 Å². The number of halogens is 3. The van der Waals surface area contributed by atoms with Crippen molar-refractivity contribution in [1.29, 1.82) is 0 Å². The number of piperidine rings is 1. The molecule has 1 amide bonds. The van der Waals surface area contributed by atoms with E-state index in [1.54, 1.807) is 4.90 Å². The zero-order valence-electron chi connectivity index (χ0n) is 11.4. The van der Waals surface area contributed by atoms with Crippen LogP contribution in [0.15, 0.2) is 0 Å². The van der Waals surface area contributed by atoms with Gasteiger partial charge >= 0.3 is 6.18 Å². The van der Waals surface area contributed by atoms with Crippen LogP contribution in [-0.4, -0.2) is 65.3 Å². The minimum absolute atomic E-state index is 0.0161. The molecule has 2 rings (SSSR count). The summed E-state index contributed by atoms with van der Waals surface area (Å²) in [5.74, 6) is -0.119. The van der Waals surface area contributed by atoms with Gasteiger partial charge < -0.3 is 10.0 Å². The SMILES string of the molecule is O=C(CN1CCC[C@H]1[C@@H](O)C(F)(F)F)N1CCCCC1. The third-order valence-corrected chi connectivity index (χ3v) is 4.16. The van der Waals surface area contributed by atoms with Gasteiger partial charge in [0.2, 0.25) is 5.91 Å². The van der Waals surface area contributed by atoms with Gasteiger partial charge in [-0.1, -0.05) is 0 Å². The Morgan fingerprint density at radius 2 is 1.80 bits per heavy atom. The van der Waals surface area contributed by atoms with Crippen molar-refractivity contribution in [3.05, 3.63) is 0 Å². The van der Waals surface area contributed by atoms with Crippen molar-refractivity contribution in [2.24, 2.45) is 0 Å². The molecule has 2 aliphatic heterocycles. The number of likely N-dealkylation sites (tertiary alicyclic amines) is 2. The fourth-order valence-electron chi connectivity index (χ4n) is 3.04. The van der Waals surface area contributed by atoms with Crippen molar-refractivity contribution in [1.82, 2.24) is 9.80 Å². The number of carbonyl (C=O) groups excluding carboxylic acids is 1. The molecule has 7 heteroatoms. The highest BCUT2D eigenvalue weighted by molar-refractivity contribution is 5.78. The summed E-state index contributed by atoms with van der Waals surface area (Å²) in [5, 5.41) is 9.39. The zero-order valence-corrected chi connectivity index (χ0v) is 11.4. The molecule has 2 aliphatic rings. The van der Waals surface area contributed by atoms with Crippen LogP contribution in [0.1, 0.15) is 32.1 Å². The van der Waals surface area contributed by atoms with Gasteiger partial charge in [0, 0.05) is 19.1 Å². The molecule has 0 aromatic carbocycles. The first-order valence-corrected chi connectivity index (χ1v) is 7.16. The van der Waals surface area contributed by atoms with Gasteiger partial charge in [0.1, 0.15) is 0 Å². The highest BCUT2D eigenvalue weighted by Crippen LogP contribution is 2.30. The maximum absolute atomic E-state index is 12.6. The number of rotatable bonds is 3. The van der Waals surface area contributed by atoms with Crippen LogP contribution in [0.25, 0.3) is 0 Å². The van der Waals surface area contributed by atoms with E-state index in [9.17, 15) is 23.1 Å². The van der Waals surface area contributed by atoms with Crippen molar-refractivity contribution in [3.63, 3.8) is 0 Å². The van der Waals surface area contributed by atoms with Gasteiger partial charge in [0.15, 0.2) is 6.10 Å². The Bertz CT molecular complexity index is 343. The van der Waals surface area contributed by atoms with E-state index in [0.29, 0.717) is 26.1 Å². The van der Waals surface area contributed by atoms with E-state index in [4.69, 9.17) is 0 Å². The second-order valence-corrected chi connectivity index (χ2v) is 5.61. The third kappa shape index (κ3) is 3.63. The minimum Gasteiger partial charge on any atom is -0.382 e. The monoisotopic (exact) mass is 294 g/mol. The van der Waals surface area contributed by atoms with Crippen LogP contribution in [-0.2, 0) is 4.79 Å². The first kappa shape index (κ1) is 15.6. The number of hydrogen-bond donors (Lipinski definition) is 1. The topological polar surface area (TPSA) is 43.8 Å². The molecule has 0 aromatic heterocycles. The Morgan fingerprint density at radius 3 is 2.40 bits per heavy atom. The number of hydrogen-bond acceptors (Lipinski definition) is 3. The normalized spacial score (nSPS) is 26.8. The van der Waals surface area contributed by atoms with E-state index in [1.165, 1.54) is 4.90 Å². The standard InChI is InChI=1S/C13H21F3N2O2/c14-13(15,16)12(20)10-5-4-8-18(10)9-11(19)17-6-2-1-3-7-17/h10,12,20H,1-9H2/t10-,12+/m0/s1. The maximum atomic E-state index is 12.6. The van der Waals surface area contributed by atoms with Crippen molar-refractivity contribution >= 4 is 5.91 Å². The predicted molar refractivity (Wildman–Crippen MR) is 67.1 cm³/mol. The molecule has 0 spiro atoms. The first-order chi connectivity index (χ1) is 9.39. The van der Waals surface area contributed by atoms with Crippen LogP contribution in [0, 0.1) is 0 Å². The lowest BCUT2D eigenvalue weighted by Crippen LogP contribution is -2.50. The second kappa shape index (κ2) is 6.30. The third-order valence-electron chi connectivity index (χ3n) is 4.16. The average Bonchev–Trinajstić information content (AvgIpc) is 2.85. The second-order valence-electron chi connectivity index (χ2n) is 5.61. The molecule has 0 unspecified atom stereocenters. The van der Waals surface area contributed by atoms with E-state index in [0.717, 1.165) is 19.3 Å². The van der Waals surface area contributed by atoms with E-state index in [1.807, 2.05) is 0 Å². The maximum Gasteiger partial charge on any atom is 0.415 e. The minimum atomic E-state index is -4.62. The highest BCUT2D eigenvalue weighted by atomic mass is 19.4. The van der Waals surface area contributed by atoms with Crippen molar-refractivity contribution in [2.45, 2.75) is 50.4 Å². The Labute approximate surface area is 116 Å². The van der Waals surface area contributed by atoms with E-state index < -0.39 is 18.3 Å². The lowest BCUT2D eigenvalue weighted by atomic mass is 10.1. The zero-order chi connectivity index (χ0) is 14.8. The summed E-state index contributed by atoms with van der Waals surface area (Å²) >= 11 is 0. The number of alkyl halides is 3. The number of carbonyl (C=O) groups is 1.